The van der Waals surface area contributed by atoms with Gasteiger partial charge >= 0.3 is 6.18 Å². The number of methoxy groups -OCH3 is 1. The Balaban J connectivity index is 1.50. The van der Waals surface area contributed by atoms with Gasteiger partial charge < -0.3 is 15.4 Å². The van der Waals surface area contributed by atoms with Gasteiger partial charge in [0.2, 0.25) is 0 Å². The molecule has 0 radical (unpaired) electrons. The molecule has 0 spiro atoms. The normalized spacial score (nSPS) is 19.8. The molecule has 0 bridgehead atoms. The number of fused-ring (bicyclic) bond motifs is 1. The molecule has 0 unspecified atom stereocenters. The second-order valence-corrected chi connectivity index (χ2v) is 8.98. The first-order valence-corrected chi connectivity index (χ1v) is 11.3. The van der Waals surface area contributed by atoms with Crippen molar-refractivity contribution in [2.45, 2.75) is 51.1 Å². The van der Waals surface area contributed by atoms with Crippen molar-refractivity contribution in [2.24, 2.45) is 0 Å². The minimum Gasteiger partial charge on any atom is -0.381 e. The number of amides is 1. The van der Waals surface area contributed by atoms with Crippen molar-refractivity contribution in [1.29, 1.82) is 0 Å². The Morgan fingerprint density at radius 3 is 2.64 bits per heavy atom. The second kappa shape index (κ2) is 9.83. The lowest BCUT2D eigenvalue weighted by Crippen LogP contribution is -2.36. The van der Waals surface area contributed by atoms with E-state index in [9.17, 15) is 18.0 Å². The number of carbonyl (C=O) groups is 1. The van der Waals surface area contributed by atoms with Gasteiger partial charge in [0.25, 0.3) is 5.91 Å². The molecule has 0 aliphatic carbocycles. The van der Waals surface area contributed by atoms with Gasteiger partial charge in [0.15, 0.2) is 0 Å². The SMILES string of the molecule is COC1CCN(Cc2ccc(NC(=O)c3ccc4c(c3)CNC[C@@H]4C)cc2C(F)(F)F)CC1. The highest BCUT2D eigenvalue weighted by Gasteiger charge is 2.34. The molecule has 1 fully saturated rings. The van der Waals surface area contributed by atoms with E-state index in [1.54, 1.807) is 19.2 Å². The lowest BCUT2D eigenvalue weighted by atomic mass is 9.91. The van der Waals surface area contributed by atoms with Gasteiger partial charge in [-0.3, -0.25) is 9.69 Å². The molecule has 1 atom stereocenters. The maximum Gasteiger partial charge on any atom is 0.416 e. The van der Waals surface area contributed by atoms with E-state index in [0.717, 1.165) is 31.0 Å². The first-order valence-electron chi connectivity index (χ1n) is 11.3. The summed E-state index contributed by atoms with van der Waals surface area (Å²) in [7, 11) is 1.66. The molecular weight excluding hydrogens is 431 g/mol. The third kappa shape index (κ3) is 5.57. The van der Waals surface area contributed by atoms with E-state index in [4.69, 9.17) is 4.74 Å². The van der Waals surface area contributed by atoms with E-state index in [0.29, 0.717) is 31.1 Å². The molecule has 2 aliphatic heterocycles. The average molecular weight is 462 g/mol. The van der Waals surface area contributed by atoms with Crippen LogP contribution in [0.2, 0.25) is 0 Å². The lowest BCUT2D eigenvalue weighted by molar-refractivity contribution is -0.138. The van der Waals surface area contributed by atoms with Crippen molar-refractivity contribution >= 4 is 11.6 Å². The summed E-state index contributed by atoms with van der Waals surface area (Å²) >= 11 is 0. The first kappa shape index (κ1) is 23.7. The number of carbonyl (C=O) groups excluding carboxylic acids is 1. The molecule has 0 saturated carbocycles. The Bertz CT molecular complexity index is 1000. The number of likely N-dealkylation sites (tertiary alicyclic amines) is 1. The van der Waals surface area contributed by atoms with E-state index in [1.165, 1.54) is 11.6 Å². The quantitative estimate of drug-likeness (QED) is 0.673. The van der Waals surface area contributed by atoms with Crippen LogP contribution in [0, 0.1) is 0 Å². The topological polar surface area (TPSA) is 53.6 Å². The summed E-state index contributed by atoms with van der Waals surface area (Å²) in [6.07, 6.45) is -2.72. The van der Waals surface area contributed by atoms with Gasteiger partial charge in [-0.15, -0.1) is 0 Å². The number of hydrogen-bond donors (Lipinski definition) is 2. The van der Waals surface area contributed by atoms with Crippen LogP contribution in [0.15, 0.2) is 36.4 Å². The highest BCUT2D eigenvalue weighted by Crippen LogP contribution is 2.35. The summed E-state index contributed by atoms with van der Waals surface area (Å²) in [5, 5.41) is 5.95. The summed E-state index contributed by atoms with van der Waals surface area (Å²) < 4.78 is 46.8. The molecule has 0 aromatic heterocycles. The fourth-order valence-corrected chi connectivity index (χ4v) is 4.72. The van der Waals surface area contributed by atoms with Crippen molar-refractivity contribution in [1.82, 2.24) is 10.2 Å². The predicted molar refractivity (Wildman–Crippen MR) is 121 cm³/mol. The van der Waals surface area contributed by atoms with Gasteiger partial charge in [-0.1, -0.05) is 19.1 Å². The number of anilines is 1. The third-order valence-corrected chi connectivity index (χ3v) is 6.64. The first-order chi connectivity index (χ1) is 15.7. The molecule has 1 saturated heterocycles. The summed E-state index contributed by atoms with van der Waals surface area (Å²) in [5.41, 5.74) is 2.32. The van der Waals surface area contributed by atoms with Crippen molar-refractivity contribution in [3.05, 3.63) is 64.2 Å². The number of nitrogens with zero attached hydrogens (tertiary/aromatic N) is 1. The van der Waals surface area contributed by atoms with E-state index in [1.807, 2.05) is 17.0 Å². The molecule has 2 aromatic carbocycles. The smallest absolute Gasteiger partial charge is 0.381 e. The number of benzene rings is 2. The van der Waals surface area contributed by atoms with Crippen LogP contribution in [0.25, 0.3) is 0 Å². The standard InChI is InChI=1S/C25H30F3N3O2/c1-16-13-29-14-19-11-17(4-6-22(16)19)24(32)30-20-5-3-18(23(12-20)25(26,27)28)15-31-9-7-21(33-2)8-10-31/h3-6,11-12,16,21,29H,7-10,13-15H2,1-2H3,(H,30,32)/t16-/m0/s1. The largest absolute Gasteiger partial charge is 0.416 e. The fourth-order valence-electron chi connectivity index (χ4n) is 4.72. The summed E-state index contributed by atoms with van der Waals surface area (Å²) in [5.74, 6) is -0.0634. The number of nitrogens with one attached hydrogen (secondary N) is 2. The molecule has 8 heteroatoms. The maximum atomic E-state index is 13.8. The van der Waals surface area contributed by atoms with Crippen molar-refractivity contribution in [2.75, 3.05) is 32.1 Å². The van der Waals surface area contributed by atoms with Crippen LogP contribution in [-0.4, -0.2) is 43.7 Å². The van der Waals surface area contributed by atoms with Gasteiger partial charge in [-0.25, -0.2) is 0 Å². The van der Waals surface area contributed by atoms with Crippen LogP contribution < -0.4 is 10.6 Å². The molecule has 33 heavy (non-hydrogen) atoms. The van der Waals surface area contributed by atoms with Gasteiger partial charge in [0, 0.05) is 51.1 Å². The summed E-state index contributed by atoms with van der Waals surface area (Å²) in [6.45, 7) is 5.28. The summed E-state index contributed by atoms with van der Waals surface area (Å²) in [6, 6.07) is 9.55. The van der Waals surface area contributed by atoms with E-state index in [-0.39, 0.29) is 23.9 Å². The lowest BCUT2D eigenvalue weighted by Gasteiger charge is -2.31. The second-order valence-electron chi connectivity index (χ2n) is 8.98. The Morgan fingerprint density at radius 2 is 1.94 bits per heavy atom. The van der Waals surface area contributed by atoms with Crippen molar-refractivity contribution in [3.8, 4) is 0 Å². The van der Waals surface area contributed by atoms with Crippen LogP contribution >= 0.6 is 0 Å². The maximum absolute atomic E-state index is 13.8. The molecule has 2 heterocycles. The molecule has 178 valence electrons. The van der Waals surface area contributed by atoms with Crippen LogP contribution in [0.5, 0.6) is 0 Å². The highest BCUT2D eigenvalue weighted by atomic mass is 19.4. The number of alkyl halides is 3. The average Bonchev–Trinajstić information content (AvgIpc) is 2.80. The molecule has 1 amide bonds. The van der Waals surface area contributed by atoms with Crippen molar-refractivity contribution in [3.63, 3.8) is 0 Å². The van der Waals surface area contributed by atoms with Gasteiger partial charge in [-0.05, 0) is 59.7 Å². The Morgan fingerprint density at radius 1 is 1.18 bits per heavy atom. The Hall–Kier alpha value is -2.42. The van der Waals surface area contributed by atoms with E-state index in [2.05, 4.69) is 17.6 Å². The third-order valence-electron chi connectivity index (χ3n) is 6.64. The van der Waals surface area contributed by atoms with E-state index >= 15 is 0 Å². The number of rotatable bonds is 5. The van der Waals surface area contributed by atoms with Crippen LogP contribution in [-0.2, 0) is 24.0 Å². The Labute approximate surface area is 192 Å². The zero-order valence-electron chi connectivity index (χ0n) is 19.0. The minimum atomic E-state index is -4.51. The monoisotopic (exact) mass is 461 g/mol. The molecule has 5 nitrogen and oxygen atoms in total. The van der Waals surface area contributed by atoms with Crippen LogP contribution in [0.4, 0.5) is 18.9 Å². The Kier molecular flexibility index (Phi) is 7.07. The fraction of sp³-hybridized carbons (Fsp3) is 0.480. The molecule has 4 rings (SSSR count). The van der Waals surface area contributed by atoms with Crippen LogP contribution in [0.1, 0.15) is 58.3 Å². The number of hydrogen-bond acceptors (Lipinski definition) is 4. The highest BCUT2D eigenvalue weighted by molar-refractivity contribution is 6.04. The number of piperidine rings is 1. The van der Waals surface area contributed by atoms with E-state index < -0.39 is 17.6 Å². The van der Waals surface area contributed by atoms with Gasteiger partial charge in [0.1, 0.15) is 0 Å². The summed E-state index contributed by atoms with van der Waals surface area (Å²) in [4.78, 5) is 14.8. The minimum absolute atomic E-state index is 0.137. The molecule has 2 aromatic rings. The number of ether oxygens (including phenoxy) is 1. The molecule has 2 aliphatic rings. The number of halogens is 3. The van der Waals surface area contributed by atoms with Gasteiger partial charge in [-0.2, -0.15) is 13.2 Å². The molecular formula is C25H30F3N3O2. The zero-order valence-corrected chi connectivity index (χ0v) is 19.0. The molecule has 2 N–H and O–H groups in total. The van der Waals surface area contributed by atoms with Gasteiger partial charge in [0.05, 0.1) is 11.7 Å². The predicted octanol–water partition coefficient (Wildman–Crippen LogP) is 4.78. The van der Waals surface area contributed by atoms with Crippen molar-refractivity contribution < 1.29 is 22.7 Å². The zero-order chi connectivity index (χ0) is 23.6. The van der Waals surface area contributed by atoms with Crippen LogP contribution in [0.3, 0.4) is 0 Å².